The summed E-state index contributed by atoms with van der Waals surface area (Å²) in [5, 5.41) is 1.61. The van der Waals surface area contributed by atoms with Gasteiger partial charge in [0, 0.05) is 24.1 Å². The maximum Gasteiger partial charge on any atom is 0.425 e. The van der Waals surface area contributed by atoms with Crippen LogP contribution < -0.4 is 10.2 Å². The van der Waals surface area contributed by atoms with Gasteiger partial charge in [-0.2, -0.15) is 0 Å². The molecular formula is C19H21N2O2+. The number of nitrogens with two attached hydrogens (primary N) is 1. The molecule has 118 valence electrons. The Labute approximate surface area is 136 Å². The third kappa shape index (κ3) is 3.03. The van der Waals surface area contributed by atoms with E-state index in [1.807, 2.05) is 63.2 Å². The van der Waals surface area contributed by atoms with Crippen molar-refractivity contribution >= 4 is 23.2 Å². The van der Waals surface area contributed by atoms with E-state index in [0.29, 0.717) is 12.0 Å². The Hall–Kier alpha value is -2.46. The number of hydrogen-bond acceptors (Lipinski definition) is 2. The first-order chi connectivity index (χ1) is 11.0. The highest BCUT2D eigenvalue weighted by atomic mass is 16.2. The summed E-state index contributed by atoms with van der Waals surface area (Å²) in [5.74, 6) is 0.0715. The molecular weight excluding hydrogens is 288 g/mol. The molecule has 3 rings (SSSR count). The minimum atomic E-state index is -0.0155. The fourth-order valence-corrected chi connectivity index (χ4v) is 3.03. The topological polar surface area (TPSA) is 54.0 Å². The smallest absolute Gasteiger partial charge is 0.294 e. The summed E-state index contributed by atoms with van der Waals surface area (Å²) in [6.45, 7) is 5.99. The minimum Gasteiger partial charge on any atom is -0.294 e. The van der Waals surface area contributed by atoms with Crippen LogP contribution in [0.1, 0.15) is 35.3 Å². The Bertz CT molecular complexity index is 781. The fraction of sp³-hybridized carbons (Fsp3) is 0.263. The number of rotatable bonds is 4. The third-order valence-electron chi connectivity index (χ3n) is 4.09. The van der Waals surface area contributed by atoms with Gasteiger partial charge in [-0.25, -0.2) is 10.1 Å². The van der Waals surface area contributed by atoms with Gasteiger partial charge in [0.25, 0.3) is 0 Å². The second-order valence-corrected chi connectivity index (χ2v) is 6.31. The number of carbonyl (C=O) groups is 2. The zero-order valence-corrected chi connectivity index (χ0v) is 13.7. The first-order valence-electron chi connectivity index (χ1n) is 7.86. The lowest BCUT2D eigenvalue weighted by atomic mass is 10.0. The maximum atomic E-state index is 12.5. The molecule has 2 N–H and O–H groups in total. The van der Waals surface area contributed by atoms with Crippen molar-refractivity contribution in [3.63, 3.8) is 0 Å². The Balaban J connectivity index is 1.84. The fourth-order valence-electron chi connectivity index (χ4n) is 3.03. The molecule has 4 heteroatoms. The predicted octanol–water partition coefficient (Wildman–Crippen LogP) is 2.96. The molecule has 0 spiro atoms. The number of primary amides is 1. The number of aryl methyl sites for hydroxylation is 1. The zero-order chi connectivity index (χ0) is 16.6. The van der Waals surface area contributed by atoms with Gasteiger partial charge in [-0.3, -0.25) is 9.69 Å². The van der Waals surface area contributed by atoms with Crippen molar-refractivity contribution in [2.75, 3.05) is 4.90 Å². The van der Waals surface area contributed by atoms with Crippen LogP contribution in [0.15, 0.2) is 42.5 Å². The van der Waals surface area contributed by atoms with Crippen LogP contribution >= 0.6 is 0 Å². The molecule has 1 aliphatic rings. The molecule has 0 bridgehead atoms. The molecule has 0 fully saturated rings. The van der Waals surface area contributed by atoms with Gasteiger partial charge in [-0.1, -0.05) is 29.8 Å². The standard InChI is InChI=1S/C19H20N2O2/c1-12(2)21-17-8-7-15(11-16(17)20-19(21)23)18(22)10-14-6-4-5-13(3)9-14/h4-9,11-12H,10H2,1-3H3,(H,20,23)/p+1. The van der Waals surface area contributed by atoms with E-state index in [9.17, 15) is 9.59 Å². The minimum absolute atomic E-state index is 0.0155. The number of carbonyl (C=O) groups excluding carboxylic acids is 2. The molecule has 0 saturated carbocycles. The van der Waals surface area contributed by atoms with Gasteiger partial charge >= 0.3 is 6.03 Å². The second kappa shape index (κ2) is 5.97. The summed E-state index contributed by atoms with van der Waals surface area (Å²) >= 11 is 0. The van der Waals surface area contributed by atoms with E-state index in [1.165, 1.54) is 0 Å². The number of ketones is 1. The number of hydrogen-bond donors (Lipinski definition) is 1. The quantitative estimate of drug-likeness (QED) is 0.697. The van der Waals surface area contributed by atoms with Crippen LogP contribution in [-0.4, -0.2) is 17.9 Å². The molecule has 2 aromatic rings. The van der Waals surface area contributed by atoms with Crippen molar-refractivity contribution < 1.29 is 14.9 Å². The zero-order valence-electron chi connectivity index (χ0n) is 13.7. The number of benzene rings is 2. The molecule has 0 atom stereocenters. The van der Waals surface area contributed by atoms with Crippen molar-refractivity contribution in [2.24, 2.45) is 0 Å². The van der Waals surface area contributed by atoms with Gasteiger partial charge in [0.2, 0.25) is 0 Å². The van der Waals surface area contributed by atoms with Crippen molar-refractivity contribution in [1.29, 1.82) is 0 Å². The van der Waals surface area contributed by atoms with E-state index >= 15 is 0 Å². The largest absolute Gasteiger partial charge is 0.425 e. The molecule has 2 amide bonds. The molecule has 0 aliphatic carbocycles. The van der Waals surface area contributed by atoms with Crippen LogP contribution in [0.4, 0.5) is 16.2 Å². The average molecular weight is 309 g/mol. The summed E-state index contributed by atoms with van der Waals surface area (Å²) in [5.41, 5.74) is 4.53. The Kier molecular flexibility index (Phi) is 4.01. The van der Waals surface area contributed by atoms with Gasteiger partial charge in [-0.05, 0) is 38.5 Å². The van der Waals surface area contributed by atoms with Crippen molar-refractivity contribution in [2.45, 2.75) is 33.2 Å². The first kappa shape index (κ1) is 15.4. The highest BCUT2D eigenvalue weighted by Gasteiger charge is 2.34. The lowest BCUT2D eigenvalue weighted by Gasteiger charge is -2.16. The van der Waals surface area contributed by atoms with Gasteiger partial charge in [-0.15, -0.1) is 0 Å². The third-order valence-corrected chi connectivity index (χ3v) is 4.09. The molecule has 0 unspecified atom stereocenters. The summed E-state index contributed by atoms with van der Waals surface area (Å²) in [6.07, 6.45) is 0.377. The lowest BCUT2D eigenvalue weighted by molar-refractivity contribution is -0.454. The average Bonchev–Trinajstić information content (AvgIpc) is 2.82. The van der Waals surface area contributed by atoms with Crippen molar-refractivity contribution in [1.82, 2.24) is 0 Å². The highest BCUT2D eigenvalue weighted by molar-refractivity contribution is 6.01. The SMILES string of the molecule is Cc1cccc(CC(=O)c2ccc3c(c2)[NH2+]C(=O)N3C(C)C)c1. The van der Waals surface area contributed by atoms with Gasteiger partial charge < -0.3 is 0 Å². The number of nitrogens with zero attached hydrogens (tertiary/aromatic N) is 1. The lowest BCUT2D eigenvalue weighted by Crippen LogP contribution is -2.82. The highest BCUT2D eigenvalue weighted by Crippen LogP contribution is 2.29. The Morgan fingerprint density at radius 3 is 2.65 bits per heavy atom. The summed E-state index contributed by atoms with van der Waals surface area (Å²) in [4.78, 5) is 26.3. The summed E-state index contributed by atoms with van der Waals surface area (Å²) < 4.78 is 0. The van der Waals surface area contributed by atoms with Crippen LogP contribution in [0.2, 0.25) is 0 Å². The van der Waals surface area contributed by atoms with E-state index in [0.717, 1.165) is 22.5 Å². The van der Waals surface area contributed by atoms with Crippen LogP contribution in [-0.2, 0) is 6.42 Å². The van der Waals surface area contributed by atoms with E-state index in [2.05, 4.69) is 0 Å². The van der Waals surface area contributed by atoms with Gasteiger partial charge in [0.05, 0.1) is 0 Å². The number of fused-ring (bicyclic) bond motifs is 1. The van der Waals surface area contributed by atoms with E-state index < -0.39 is 0 Å². The number of Topliss-reactive ketones (excluding diaryl/α,β-unsaturated/α-hetero) is 1. The monoisotopic (exact) mass is 309 g/mol. The van der Waals surface area contributed by atoms with Crippen LogP contribution in [0.25, 0.3) is 0 Å². The number of amides is 2. The van der Waals surface area contributed by atoms with Gasteiger partial charge in [0.15, 0.2) is 11.5 Å². The summed E-state index contributed by atoms with van der Waals surface area (Å²) in [6, 6.07) is 13.6. The van der Waals surface area contributed by atoms with Crippen molar-refractivity contribution in [3.05, 3.63) is 59.2 Å². The molecule has 2 aromatic carbocycles. The van der Waals surface area contributed by atoms with E-state index in [1.54, 1.807) is 10.2 Å². The number of quaternary nitrogens is 1. The molecule has 0 saturated heterocycles. The first-order valence-corrected chi connectivity index (χ1v) is 7.86. The molecule has 1 heterocycles. The maximum absolute atomic E-state index is 12.5. The van der Waals surface area contributed by atoms with Crippen LogP contribution in [0.5, 0.6) is 0 Å². The number of urea groups is 1. The second-order valence-electron chi connectivity index (χ2n) is 6.31. The normalized spacial score (nSPS) is 13.6. The van der Waals surface area contributed by atoms with Crippen LogP contribution in [0, 0.1) is 6.92 Å². The molecule has 4 nitrogen and oxygen atoms in total. The molecule has 23 heavy (non-hydrogen) atoms. The predicted molar refractivity (Wildman–Crippen MR) is 90.3 cm³/mol. The van der Waals surface area contributed by atoms with Crippen molar-refractivity contribution in [3.8, 4) is 0 Å². The number of anilines is 1. The van der Waals surface area contributed by atoms with E-state index in [-0.39, 0.29) is 17.9 Å². The Morgan fingerprint density at radius 2 is 1.96 bits per heavy atom. The summed E-state index contributed by atoms with van der Waals surface area (Å²) in [7, 11) is 0. The Morgan fingerprint density at radius 1 is 1.17 bits per heavy atom. The van der Waals surface area contributed by atoms with E-state index in [4.69, 9.17) is 0 Å². The molecule has 1 aliphatic heterocycles. The molecule has 0 radical (unpaired) electrons. The van der Waals surface area contributed by atoms with Crippen LogP contribution in [0.3, 0.4) is 0 Å². The molecule has 0 aromatic heterocycles. The van der Waals surface area contributed by atoms with Gasteiger partial charge in [0.1, 0.15) is 5.69 Å².